The van der Waals surface area contributed by atoms with Crippen LogP contribution in [0.1, 0.15) is 42.5 Å². The predicted octanol–water partition coefficient (Wildman–Crippen LogP) is 2.55. The Hall–Kier alpha value is -1.99. The van der Waals surface area contributed by atoms with Crippen LogP contribution in [0, 0.1) is 5.92 Å². The highest BCUT2D eigenvalue weighted by atomic mass is 32.1. The van der Waals surface area contributed by atoms with E-state index in [0.29, 0.717) is 49.9 Å². The van der Waals surface area contributed by atoms with Gasteiger partial charge >= 0.3 is 0 Å². The molecule has 0 atom stereocenters. The van der Waals surface area contributed by atoms with Crippen LogP contribution in [-0.2, 0) is 9.53 Å². The van der Waals surface area contributed by atoms with Gasteiger partial charge in [0.1, 0.15) is 0 Å². The summed E-state index contributed by atoms with van der Waals surface area (Å²) in [5, 5.41) is 6.00. The van der Waals surface area contributed by atoms with Crippen molar-refractivity contribution in [3.8, 4) is 0 Å². The van der Waals surface area contributed by atoms with E-state index in [1.54, 1.807) is 23.1 Å². The molecule has 2 amide bonds. The third kappa shape index (κ3) is 5.25. The molecule has 0 aromatic heterocycles. The largest absolute Gasteiger partial charge is 0.378 e. The lowest BCUT2D eigenvalue weighted by Crippen LogP contribution is -2.40. The zero-order chi connectivity index (χ0) is 18.4. The van der Waals surface area contributed by atoms with E-state index in [1.807, 2.05) is 6.07 Å². The molecule has 0 radical (unpaired) electrons. The number of nitrogens with one attached hydrogen (secondary N) is 2. The third-order valence-electron chi connectivity index (χ3n) is 4.87. The molecule has 1 saturated carbocycles. The molecule has 1 heterocycles. The zero-order valence-corrected chi connectivity index (χ0v) is 15.6. The maximum Gasteiger partial charge on any atom is 0.254 e. The van der Waals surface area contributed by atoms with E-state index in [4.69, 9.17) is 17.0 Å². The smallest absolute Gasteiger partial charge is 0.254 e. The Morgan fingerprint density at radius 1 is 1.19 bits per heavy atom. The highest BCUT2D eigenvalue weighted by molar-refractivity contribution is 7.80. The lowest BCUT2D eigenvalue weighted by Gasteiger charge is -2.27. The SMILES string of the molecule is O=C(CC1CCCC1)NC(=S)Nc1cccc(C(=O)N2CCOCC2)c1. The molecule has 1 aliphatic carbocycles. The molecule has 1 aliphatic heterocycles. The fourth-order valence-electron chi connectivity index (χ4n) is 3.50. The van der Waals surface area contributed by atoms with Crippen LogP contribution in [0.3, 0.4) is 0 Å². The summed E-state index contributed by atoms with van der Waals surface area (Å²) in [5.41, 5.74) is 1.28. The van der Waals surface area contributed by atoms with E-state index in [2.05, 4.69) is 10.6 Å². The quantitative estimate of drug-likeness (QED) is 0.792. The molecule has 6 nitrogen and oxygen atoms in total. The molecule has 2 N–H and O–H groups in total. The second kappa shape index (κ2) is 9.09. The second-order valence-electron chi connectivity index (χ2n) is 6.84. The average molecular weight is 375 g/mol. The molecule has 7 heteroatoms. The van der Waals surface area contributed by atoms with Crippen molar-refractivity contribution in [2.45, 2.75) is 32.1 Å². The number of thiocarbonyl (C=S) groups is 1. The van der Waals surface area contributed by atoms with Crippen LogP contribution in [0.5, 0.6) is 0 Å². The number of hydrogen-bond donors (Lipinski definition) is 2. The molecule has 140 valence electrons. The van der Waals surface area contributed by atoms with Crippen LogP contribution in [-0.4, -0.2) is 48.1 Å². The molecule has 26 heavy (non-hydrogen) atoms. The summed E-state index contributed by atoms with van der Waals surface area (Å²) < 4.78 is 5.28. The standard InChI is InChI=1S/C19H25N3O3S/c23-17(12-14-4-1-2-5-14)21-19(26)20-16-7-3-6-15(13-16)18(24)22-8-10-25-11-9-22/h3,6-7,13-14H,1-2,4-5,8-12H2,(H2,20,21,23,26). The minimum absolute atomic E-state index is 0.0202. The van der Waals surface area contributed by atoms with Gasteiger partial charge in [-0.25, -0.2) is 0 Å². The van der Waals surface area contributed by atoms with Crippen molar-refractivity contribution in [2.24, 2.45) is 5.92 Å². The summed E-state index contributed by atoms with van der Waals surface area (Å²) >= 11 is 5.23. The number of nitrogens with zero attached hydrogens (tertiary/aromatic N) is 1. The summed E-state index contributed by atoms with van der Waals surface area (Å²) in [7, 11) is 0. The molecule has 3 rings (SSSR count). The van der Waals surface area contributed by atoms with Gasteiger partial charge in [0, 0.05) is 30.8 Å². The first-order valence-electron chi connectivity index (χ1n) is 9.20. The van der Waals surface area contributed by atoms with Crippen LogP contribution in [0.2, 0.25) is 0 Å². The summed E-state index contributed by atoms with van der Waals surface area (Å²) in [5.74, 6) is 0.412. The van der Waals surface area contributed by atoms with Gasteiger partial charge in [0.2, 0.25) is 5.91 Å². The summed E-state index contributed by atoms with van der Waals surface area (Å²) in [4.78, 5) is 26.4. The fraction of sp³-hybridized carbons (Fsp3) is 0.526. The Morgan fingerprint density at radius 3 is 2.65 bits per heavy atom. The summed E-state index contributed by atoms with van der Waals surface area (Å²) in [6.45, 7) is 2.35. The highest BCUT2D eigenvalue weighted by Crippen LogP contribution is 2.27. The Kier molecular flexibility index (Phi) is 6.57. The van der Waals surface area contributed by atoms with Gasteiger partial charge in [-0.1, -0.05) is 18.9 Å². The van der Waals surface area contributed by atoms with E-state index in [1.165, 1.54) is 12.8 Å². The van der Waals surface area contributed by atoms with Gasteiger partial charge < -0.3 is 20.3 Å². The Labute approximate surface area is 159 Å². The highest BCUT2D eigenvalue weighted by Gasteiger charge is 2.20. The van der Waals surface area contributed by atoms with E-state index < -0.39 is 0 Å². The monoisotopic (exact) mass is 375 g/mol. The van der Waals surface area contributed by atoms with Gasteiger partial charge in [-0.3, -0.25) is 9.59 Å². The molecule has 1 aromatic carbocycles. The van der Waals surface area contributed by atoms with E-state index in [9.17, 15) is 9.59 Å². The van der Waals surface area contributed by atoms with Crippen LogP contribution < -0.4 is 10.6 Å². The van der Waals surface area contributed by atoms with Crippen molar-refractivity contribution in [1.82, 2.24) is 10.2 Å². The van der Waals surface area contributed by atoms with Gasteiger partial charge in [0.25, 0.3) is 5.91 Å². The van der Waals surface area contributed by atoms with Crippen molar-refractivity contribution >= 4 is 34.8 Å². The molecule has 1 aromatic rings. The summed E-state index contributed by atoms with van der Waals surface area (Å²) in [6.07, 6.45) is 5.20. The number of carbonyl (C=O) groups is 2. The number of rotatable bonds is 4. The molecule has 0 spiro atoms. The number of morpholine rings is 1. The van der Waals surface area contributed by atoms with Crippen LogP contribution in [0.4, 0.5) is 5.69 Å². The number of benzene rings is 1. The van der Waals surface area contributed by atoms with Gasteiger partial charge in [0.15, 0.2) is 5.11 Å². The van der Waals surface area contributed by atoms with Crippen molar-refractivity contribution in [1.29, 1.82) is 0 Å². The van der Waals surface area contributed by atoms with E-state index >= 15 is 0 Å². The number of hydrogen-bond acceptors (Lipinski definition) is 4. The van der Waals surface area contributed by atoms with Gasteiger partial charge in [-0.2, -0.15) is 0 Å². The second-order valence-corrected chi connectivity index (χ2v) is 7.25. The topological polar surface area (TPSA) is 70.7 Å². The van der Waals surface area contributed by atoms with Gasteiger partial charge in [0.05, 0.1) is 13.2 Å². The van der Waals surface area contributed by atoms with E-state index in [-0.39, 0.29) is 16.9 Å². The van der Waals surface area contributed by atoms with Gasteiger partial charge in [-0.05, 0) is 49.2 Å². The van der Waals surface area contributed by atoms with Crippen molar-refractivity contribution in [3.05, 3.63) is 29.8 Å². The first-order valence-corrected chi connectivity index (χ1v) is 9.60. The molecule has 0 unspecified atom stereocenters. The molecule has 0 bridgehead atoms. The zero-order valence-electron chi connectivity index (χ0n) is 14.8. The van der Waals surface area contributed by atoms with Gasteiger partial charge in [-0.15, -0.1) is 0 Å². The van der Waals surface area contributed by atoms with Crippen molar-refractivity contribution in [3.63, 3.8) is 0 Å². The molecular formula is C19H25N3O3S. The third-order valence-corrected chi connectivity index (χ3v) is 5.07. The average Bonchev–Trinajstić information content (AvgIpc) is 3.14. The summed E-state index contributed by atoms with van der Waals surface area (Å²) in [6, 6.07) is 7.17. The normalized spacial score (nSPS) is 17.8. The minimum Gasteiger partial charge on any atom is -0.378 e. The Bertz CT molecular complexity index is 668. The van der Waals surface area contributed by atoms with Crippen molar-refractivity contribution in [2.75, 3.05) is 31.6 Å². The van der Waals surface area contributed by atoms with Crippen molar-refractivity contribution < 1.29 is 14.3 Å². The number of anilines is 1. The van der Waals surface area contributed by atoms with Crippen LogP contribution in [0.25, 0.3) is 0 Å². The Balaban J connectivity index is 1.53. The number of amides is 2. The number of carbonyl (C=O) groups excluding carboxylic acids is 2. The minimum atomic E-state index is -0.0463. The molecule has 2 fully saturated rings. The first kappa shape index (κ1) is 18.8. The van der Waals surface area contributed by atoms with Crippen LogP contribution >= 0.6 is 12.2 Å². The maximum atomic E-state index is 12.5. The van der Waals surface area contributed by atoms with Crippen LogP contribution in [0.15, 0.2) is 24.3 Å². The fourth-order valence-corrected chi connectivity index (χ4v) is 3.73. The number of ether oxygens (including phenoxy) is 1. The maximum absolute atomic E-state index is 12.5. The lowest BCUT2D eigenvalue weighted by molar-refractivity contribution is -0.120. The Morgan fingerprint density at radius 2 is 1.92 bits per heavy atom. The molecular weight excluding hydrogens is 350 g/mol. The molecule has 1 saturated heterocycles. The first-order chi connectivity index (χ1) is 12.6. The lowest BCUT2D eigenvalue weighted by atomic mass is 10.0. The molecule has 2 aliphatic rings. The van der Waals surface area contributed by atoms with E-state index in [0.717, 1.165) is 12.8 Å². The predicted molar refractivity (Wildman–Crippen MR) is 104 cm³/mol.